The minimum Gasteiger partial charge on any atom is -0.339 e. The molecule has 1 amide bonds. The van der Waals surface area contributed by atoms with Gasteiger partial charge >= 0.3 is 0 Å². The van der Waals surface area contributed by atoms with Gasteiger partial charge in [-0.2, -0.15) is 10.1 Å². The molecule has 4 aromatic rings. The van der Waals surface area contributed by atoms with E-state index in [1.165, 1.54) is 0 Å². The summed E-state index contributed by atoms with van der Waals surface area (Å²) in [5.41, 5.74) is 2.37. The zero-order valence-electron chi connectivity index (χ0n) is 17.6. The fourth-order valence-corrected chi connectivity index (χ4v) is 4.58. The van der Waals surface area contributed by atoms with Gasteiger partial charge in [0.2, 0.25) is 11.7 Å². The first-order chi connectivity index (χ1) is 15.8. The Labute approximate surface area is 189 Å². The highest BCUT2D eigenvalue weighted by atomic mass is 32.1. The Bertz CT molecular complexity index is 1150. The molecule has 1 aliphatic rings. The van der Waals surface area contributed by atoms with E-state index in [9.17, 15) is 4.79 Å². The van der Waals surface area contributed by atoms with E-state index in [4.69, 9.17) is 4.52 Å². The SMILES string of the molecule is O=C(c1cn[nH]c1-c1ccccc1)N1CCN(CCCc2nc(-c3cccs3)no2)CC1. The number of hydrogen-bond acceptors (Lipinski definition) is 7. The van der Waals surface area contributed by atoms with Crippen LogP contribution < -0.4 is 0 Å². The molecule has 1 fully saturated rings. The maximum Gasteiger partial charge on any atom is 0.257 e. The third-order valence-corrected chi connectivity index (χ3v) is 6.53. The maximum absolute atomic E-state index is 13.1. The number of carbonyl (C=O) groups is 1. The molecule has 164 valence electrons. The predicted octanol–water partition coefficient (Wildman–Crippen LogP) is 3.58. The van der Waals surface area contributed by atoms with Crippen LogP contribution in [0.1, 0.15) is 22.7 Å². The molecule has 1 saturated heterocycles. The van der Waals surface area contributed by atoms with Crippen molar-refractivity contribution in [3.63, 3.8) is 0 Å². The van der Waals surface area contributed by atoms with E-state index < -0.39 is 0 Å². The van der Waals surface area contributed by atoms with Crippen LogP contribution >= 0.6 is 11.3 Å². The molecule has 0 atom stereocenters. The Balaban J connectivity index is 1.10. The number of carbonyl (C=O) groups excluding carboxylic acids is 1. The van der Waals surface area contributed by atoms with Crippen molar-refractivity contribution >= 4 is 17.2 Å². The summed E-state index contributed by atoms with van der Waals surface area (Å²) in [5, 5.41) is 13.2. The van der Waals surface area contributed by atoms with Gasteiger partial charge in [-0.3, -0.25) is 14.8 Å². The lowest BCUT2D eigenvalue weighted by Crippen LogP contribution is -2.48. The summed E-state index contributed by atoms with van der Waals surface area (Å²) in [5.74, 6) is 1.37. The molecular weight excluding hydrogens is 424 g/mol. The molecule has 3 aromatic heterocycles. The monoisotopic (exact) mass is 448 g/mol. The molecule has 0 aliphatic carbocycles. The van der Waals surface area contributed by atoms with Crippen LogP contribution in [0.15, 0.2) is 58.6 Å². The smallest absolute Gasteiger partial charge is 0.257 e. The molecule has 0 bridgehead atoms. The van der Waals surface area contributed by atoms with Crippen molar-refractivity contribution in [3.8, 4) is 22.0 Å². The van der Waals surface area contributed by atoms with Crippen molar-refractivity contribution in [2.24, 2.45) is 0 Å². The fourth-order valence-electron chi connectivity index (χ4n) is 3.93. The molecule has 1 N–H and O–H groups in total. The zero-order valence-corrected chi connectivity index (χ0v) is 18.4. The van der Waals surface area contributed by atoms with E-state index in [2.05, 4.69) is 25.2 Å². The van der Waals surface area contributed by atoms with Gasteiger partial charge in [0.15, 0.2) is 0 Å². The number of thiophene rings is 1. The molecular formula is C23H24N6O2S. The molecule has 0 spiro atoms. The Morgan fingerprint density at radius 3 is 2.72 bits per heavy atom. The Morgan fingerprint density at radius 1 is 1.09 bits per heavy atom. The van der Waals surface area contributed by atoms with Gasteiger partial charge in [0.25, 0.3) is 5.91 Å². The van der Waals surface area contributed by atoms with E-state index in [0.29, 0.717) is 30.4 Å². The minimum atomic E-state index is 0.0317. The lowest BCUT2D eigenvalue weighted by Gasteiger charge is -2.34. The van der Waals surface area contributed by atoms with Gasteiger partial charge in [0.05, 0.1) is 22.3 Å². The zero-order chi connectivity index (χ0) is 21.8. The lowest BCUT2D eigenvalue weighted by molar-refractivity contribution is 0.0636. The lowest BCUT2D eigenvalue weighted by atomic mass is 10.1. The van der Waals surface area contributed by atoms with Crippen molar-refractivity contribution in [3.05, 3.63) is 65.5 Å². The number of nitrogens with zero attached hydrogens (tertiary/aromatic N) is 5. The number of aromatic amines is 1. The van der Waals surface area contributed by atoms with Gasteiger partial charge in [-0.05, 0) is 24.4 Å². The second-order valence-electron chi connectivity index (χ2n) is 7.75. The molecule has 8 nitrogen and oxygen atoms in total. The van der Waals surface area contributed by atoms with Crippen LogP contribution in [0.25, 0.3) is 22.0 Å². The van der Waals surface area contributed by atoms with Gasteiger partial charge in [-0.15, -0.1) is 11.3 Å². The van der Waals surface area contributed by atoms with Gasteiger partial charge in [-0.25, -0.2) is 0 Å². The molecule has 4 heterocycles. The number of benzene rings is 1. The third-order valence-electron chi connectivity index (χ3n) is 5.67. The van der Waals surface area contributed by atoms with Gasteiger partial charge < -0.3 is 9.42 Å². The van der Waals surface area contributed by atoms with Crippen LogP contribution in [0.3, 0.4) is 0 Å². The summed E-state index contributed by atoms with van der Waals surface area (Å²) in [6.07, 6.45) is 3.33. The van der Waals surface area contributed by atoms with E-state index in [1.54, 1.807) is 17.5 Å². The average Bonchev–Trinajstić information content (AvgIpc) is 3.61. The quantitative estimate of drug-likeness (QED) is 0.465. The number of piperazine rings is 1. The Morgan fingerprint density at radius 2 is 1.94 bits per heavy atom. The second kappa shape index (κ2) is 9.46. The molecule has 1 aliphatic heterocycles. The molecule has 5 rings (SSSR count). The fraction of sp³-hybridized carbons (Fsp3) is 0.304. The molecule has 0 radical (unpaired) electrons. The third kappa shape index (κ3) is 4.49. The van der Waals surface area contributed by atoms with E-state index in [1.807, 2.05) is 52.7 Å². The first-order valence-electron chi connectivity index (χ1n) is 10.7. The maximum atomic E-state index is 13.1. The number of aromatic nitrogens is 4. The topological polar surface area (TPSA) is 91.2 Å². The van der Waals surface area contributed by atoms with Crippen molar-refractivity contribution in [2.45, 2.75) is 12.8 Å². The predicted molar refractivity (Wildman–Crippen MR) is 122 cm³/mol. The molecule has 0 unspecified atom stereocenters. The first kappa shape index (κ1) is 20.6. The van der Waals surface area contributed by atoms with E-state index in [0.717, 1.165) is 48.6 Å². The molecule has 9 heteroatoms. The van der Waals surface area contributed by atoms with Gasteiger partial charge in [0.1, 0.15) is 0 Å². The first-order valence-corrected chi connectivity index (χ1v) is 11.6. The summed E-state index contributed by atoms with van der Waals surface area (Å²) in [4.78, 5) is 22.9. The van der Waals surface area contributed by atoms with E-state index in [-0.39, 0.29) is 5.91 Å². The highest BCUT2D eigenvalue weighted by Gasteiger charge is 2.25. The Hall–Kier alpha value is -3.30. The summed E-state index contributed by atoms with van der Waals surface area (Å²) in [7, 11) is 0. The second-order valence-corrected chi connectivity index (χ2v) is 8.70. The number of H-pyrrole nitrogens is 1. The number of nitrogens with one attached hydrogen (secondary N) is 1. The van der Waals surface area contributed by atoms with Crippen LogP contribution in [0, 0.1) is 0 Å². The molecule has 32 heavy (non-hydrogen) atoms. The van der Waals surface area contributed by atoms with Crippen molar-refractivity contribution in [2.75, 3.05) is 32.7 Å². The Kier molecular flexibility index (Phi) is 6.09. The van der Waals surface area contributed by atoms with Crippen LogP contribution in [0.5, 0.6) is 0 Å². The standard InChI is InChI=1S/C23H24N6O2S/c30-23(18-16-24-26-21(18)17-6-2-1-3-7-17)29-13-11-28(12-14-29)10-4-9-20-25-22(27-31-20)19-8-5-15-32-19/h1-3,5-8,15-16H,4,9-14H2,(H,24,26). The number of aryl methyl sites for hydroxylation is 1. The number of rotatable bonds is 7. The summed E-state index contributed by atoms with van der Waals surface area (Å²) in [6, 6.07) is 13.8. The van der Waals surface area contributed by atoms with Gasteiger partial charge in [0, 0.05) is 38.2 Å². The highest BCUT2D eigenvalue weighted by molar-refractivity contribution is 7.13. The molecule has 0 saturated carbocycles. The summed E-state index contributed by atoms with van der Waals surface area (Å²) in [6.45, 7) is 4.07. The summed E-state index contributed by atoms with van der Waals surface area (Å²) < 4.78 is 5.38. The van der Waals surface area contributed by atoms with Crippen molar-refractivity contribution in [1.82, 2.24) is 30.1 Å². The average molecular weight is 449 g/mol. The van der Waals surface area contributed by atoms with Gasteiger partial charge in [-0.1, -0.05) is 41.6 Å². The van der Waals surface area contributed by atoms with Crippen molar-refractivity contribution in [1.29, 1.82) is 0 Å². The summed E-state index contributed by atoms with van der Waals surface area (Å²) >= 11 is 1.61. The van der Waals surface area contributed by atoms with Crippen LogP contribution in [-0.4, -0.2) is 68.8 Å². The van der Waals surface area contributed by atoms with Crippen LogP contribution in [0.4, 0.5) is 0 Å². The van der Waals surface area contributed by atoms with Crippen LogP contribution in [0.2, 0.25) is 0 Å². The highest BCUT2D eigenvalue weighted by Crippen LogP contribution is 2.23. The van der Waals surface area contributed by atoms with Crippen molar-refractivity contribution < 1.29 is 9.32 Å². The molecule has 1 aromatic carbocycles. The normalized spacial score (nSPS) is 14.7. The van der Waals surface area contributed by atoms with Crippen LogP contribution in [-0.2, 0) is 6.42 Å². The number of amides is 1. The number of hydrogen-bond donors (Lipinski definition) is 1. The largest absolute Gasteiger partial charge is 0.339 e. The minimum absolute atomic E-state index is 0.0317. The van der Waals surface area contributed by atoms with E-state index >= 15 is 0 Å².